The number of non-ortho nitro benzene ring substituents is 1. The second-order valence-corrected chi connectivity index (χ2v) is 7.03. The number of nitrogens with zero attached hydrogens (tertiary/aromatic N) is 3. The highest BCUT2D eigenvalue weighted by atomic mass is 32.1. The van der Waals surface area contributed by atoms with Crippen LogP contribution in [0.15, 0.2) is 48.0 Å². The molecule has 0 radical (unpaired) electrons. The molecule has 4 rings (SSSR count). The molecule has 0 spiro atoms. The first kappa shape index (κ1) is 18.5. The molecule has 0 fully saturated rings. The van der Waals surface area contributed by atoms with Gasteiger partial charge in [-0.1, -0.05) is 0 Å². The van der Waals surface area contributed by atoms with E-state index in [2.05, 4.69) is 16.4 Å². The maximum Gasteiger partial charge on any atom is 0.269 e. The van der Waals surface area contributed by atoms with E-state index in [0.717, 1.165) is 11.3 Å². The normalized spacial score (nSPS) is 12.5. The number of nitro benzene ring substituents is 1. The lowest BCUT2D eigenvalue weighted by Crippen LogP contribution is -1.95. The summed E-state index contributed by atoms with van der Waals surface area (Å²) in [7, 11) is 0. The molecular formula is C20H14N4O4S. The van der Waals surface area contributed by atoms with Gasteiger partial charge in [0.25, 0.3) is 5.69 Å². The summed E-state index contributed by atoms with van der Waals surface area (Å²) in [4.78, 5) is 15.0. The van der Waals surface area contributed by atoms with Crippen molar-refractivity contribution in [3.8, 4) is 28.8 Å². The maximum absolute atomic E-state index is 10.9. The first-order chi connectivity index (χ1) is 14.0. The van der Waals surface area contributed by atoms with Crippen LogP contribution in [0.1, 0.15) is 10.6 Å². The van der Waals surface area contributed by atoms with Gasteiger partial charge in [-0.3, -0.25) is 10.1 Å². The third kappa shape index (κ3) is 3.74. The van der Waals surface area contributed by atoms with Crippen LogP contribution in [0.4, 0.5) is 11.4 Å². The second-order valence-electron chi connectivity index (χ2n) is 6.18. The van der Waals surface area contributed by atoms with E-state index in [4.69, 9.17) is 9.47 Å². The third-order valence-corrected chi connectivity index (χ3v) is 5.19. The standard InChI is InChI=1S/C20H14N4O4S/c1-12-6-15(24(25)26)3-4-16(12)22-9-14(8-21)20-23-17(10-29-20)13-2-5-18-19(7-13)28-11-27-18/h2-7,9-10,22H,11H2,1H3. The molecule has 29 heavy (non-hydrogen) atoms. The fourth-order valence-electron chi connectivity index (χ4n) is 2.80. The highest BCUT2D eigenvalue weighted by Gasteiger charge is 2.16. The molecule has 0 saturated carbocycles. The summed E-state index contributed by atoms with van der Waals surface area (Å²) in [6, 6.07) is 12.2. The molecule has 0 bridgehead atoms. The number of ether oxygens (including phenoxy) is 2. The van der Waals surface area contributed by atoms with E-state index in [1.165, 1.54) is 23.5 Å². The number of fused-ring (bicyclic) bond motifs is 1. The summed E-state index contributed by atoms with van der Waals surface area (Å²) in [6.07, 6.45) is 1.55. The van der Waals surface area contributed by atoms with Gasteiger partial charge in [0, 0.05) is 35.0 Å². The zero-order chi connectivity index (χ0) is 20.4. The number of nitrogens with one attached hydrogen (secondary N) is 1. The average Bonchev–Trinajstić information content (AvgIpc) is 3.38. The lowest BCUT2D eigenvalue weighted by molar-refractivity contribution is -0.384. The predicted molar refractivity (Wildman–Crippen MR) is 109 cm³/mol. The fraction of sp³-hybridized carbons (Fsp3) is 0.100. The second kappa shape index (κ2) is 7.61. The molecular weight excluding hydrogens is 392 g/mol. The minimum absolute atomic E-state index is 0.0193. The number of hydrogen-bond donors (Lipinski definition) is 1. The number of hydrogen-bond acceptors (Lipinski definition) is 8. The Balaban J connectivity index is 1.56. The van der Waals surface area contributed by atoms with Crippen LogP contribution in [-0.4, -0.2) is 16.7 Å². The van der Waals surface area contributed by atoms with Crippen LogP contribution in [0.5, 0.6) is 11.5 Å². The molecule has 0 atom stereocenters. The predicted octanol–water partition coefficient (Wildman–Crippen LogP) is 4.73. The van der Waals surface area contributed by atoms with Crippen molar-refractivity contribution in [1.29, 1.82) is 5.26 Å². The summed E-state index contributed by atoms with van der Waals surface area (Å²) in [6.45, 7) is 1.96. The Kier molecular flexibility index (Phi) is 4.85. The lowest BCUT2D eigenvalue weighted by atomic mass is 10.1. The van der Waals surface area contributed by atoms with Gasteiger partial charge in [0.15, 0.2) is 11.5 Å². The summed E-state index contributed by atoms with van der Waals surface area (Å²) in [5, 5.41) is 25.9. The number of benzene rings is 2. The molecule has 9 heteroatoms. The highest BCUT2D eigenvalue weighted by Crippen LogP contribution is 2.36. The number of rotatable bonds is 5. The van der Waals surface area contributed by atoms with Gasteiger partial charge >= 0.3 is 0 Å². The largest absolute Gasteiger partial charge is 0.454 e. The molecule has 3 aromatic rings. The van der Waals surface area contributed by atoms with E-state index in [-0.39, 0.29) is 12.5 Å². The van der Waals surface area contributed by atoms with Gasteiger partial charge in [0.05, 0.1) is 10.6 Å². The zero-order valence-corrected chi connectivity index (χ0v) is 16.0. The van der Waals surface area contributed by atoms with Crippen molar-refractivity contribution in [2.24, 2.45) is 0 Å². The van der Waals surface area contributed by atoms with Crippen LogP contribution in [0, 0.1) is 28.4 Å². The number of thiazole rings is 1. The number of nitriles is 1. The van der Waals surface area contributed by atoms with Gasteiger partial charge in [0.1, 0.15) is 16.6 Å². The fourth-order valence-corrected chi connectivity index (χ4v) is 3.60. The summed E-state index contributed by atoms with van der Waals surface area (Å²) < 4.78 is 10.7. The minimum Gasteiger partial charge on any atom is -0.454 e. The highest BCUT2D eigenvalue weighted by molar-refractivity contribution is 7.11. The molecule has 1 aromatic heterocycles. The van der Waals surface area contributed by atoms with E-state index in [0.29, 0.717) is 33.3 Å². The quantitative estimate of drug-likeness (QED) is 0.370. The van der Waals surface area contributed by atoms with Crippen LogP contribution in [0.3, 0.4) is 0 Å². The lowest BCUT2D eigenvalue weighted by Gasteiger charge is -2.05. The van der Waals surface area contributed by atoms with Gasteiger partial charge in [-0.25, -0.2) is 4.98 Å². The molecule has 0 aliphatic carbocycles. The number of allylic oxidation sites excluding steroid dienone is 1. The topological polar surface area (TPSA) is 110 Å². The van der Waals surface area contributed by atoms with Crippen LogP contribution in [0.25, 0.3) is 16.8 Å². The van der Waals surface area contributed by atoms with Crippen molar-refractivity contribution in [3.05, 3.63) is 68.7 Å². The SMILES string of the molecule is Cc1cc([N+](=O)[O-])ccc1NC=C(C#N)c1nc(-c2ccc3c(c2)OCO3)cs1. The Morgan fingerprint density at radius 3 is 2.90 bits per heavy atom. The van der Waals surface area contributed by atoms with Crippen LogP contribution in [-0.2, 0) is 0 Å². The first-order valence-electron chi connectivity index (χ1n) is 8.53. The van der Waals surface area contributed by atoms with Crippen LogP contribution >= 0.6 is 11.3 Å². The molecule has 2 heterocycles. The number of nitro groups is 1. The van der Waals surface area contributed by atoms with E-state index in [9.17, 15) is 15.4 Å². The molecule has 1 aliphatic heterocycles. The monoisotopic (exact) mass is 406 g/mol. The number of aromatic nitrogens is 1. The summed E-state index contributed by atoms with van der Waals surface area (Å²) in [5.74, 6) is 1.37. The van der Waals surface area contributed by atoms with Crippen LogP contribution in [0.2, 0.25) is 0 Å². The van der Waals surface area contributed by atoms with Gasteiger partial charge in [-0.2, -0.15) is 5.26 Å². The first-order valence-corrected chi connectivity index (χ1v) is 9.41. The van der Waals surface area contributed by atoms with Crippen molar-refractivity contribution in [2.45, 2.75) is 6.92 Å². The van der Waals surface area contributed by atoms with E-state index >= 15 is 0 Å². The smallest absolute Gasteiger partial charge is 0.269 e. The number of anilines is 1. The molecule has 0 unspecified atom stereocenters. The summed E-state index contributed by atoms with van der Waals surface area (Å²) >= 11 is 1.35. The van der Waals surface area contributed by atoms with Crippen molar-refractivity contribution in [1.82, 2.24) is 4.98 Å². The van der Waals surface area contributed by atoms with Gasteiger partial charge in [-0.05, 0) is 36.8 Å². The zero-order valence-electron chi connectivity index (χ0n) is 15.2. The van der Waals surface area contributed by atoms with Gasteiger partial charge in [0.2, 0.25) is 6.79 Å². The Morgan fingerprint density at radius 1 is 1.31 bits per heavy atom. The Morgan fingerprint density at radius 2 is 2.14 bits per heavy atom. The van der Waals surface area contributed by atoms with Crippen molar-refractivity contribution in [3.63, 3.8) is 0 Å². The summed E-state index contributed by atoms with van der Waals surface area (Å²) in [5.41, 5.74) is 3.36. The van der Waals surface area contributed by atoms with E-state index < -0.39 is 4.92 Å². The van der Waals surface area contributed by atoms with Crippen molar-refractivity contribution < 1.29 is 14.4 Å². The maximum atomic E-state index is 10.9. The van der Waals surface area contributed by atoms with Gasteiger partial charge in [-0.15, -0.1) is 11.3 Å². The van der Waals surface area contributed by atoms with E-state index in [1.54, 1.807) is 19.2 Å². The molecule has 144 valence electrons. The van der Waals surface area contributed by atoms with Crippen molar-refractivity contribution in [2.75, 3.05) is 12.1 Å². The average molecular weight is 406 g/mol. The molecule has 8 nitrogen and oxygen atoms in total. The number of aryl methyl sites for hydroxylation is 1. The van der Waals surface area contributed by atoms with Gasteiger partial charge < -0.3 is 14.8 Å². The van der Waals surface area contributed by atoms with E-state index in [1.807, 2.05) is 23.6 Å². The molecule has 1 aliphatic rings. The Bertz CT molecular complexity index is 1180. The molecule has 2 aromatic carbocycles. The molecule has 0 amide bonds. The van der Waals surface area contributed by atoms with Crippen LogP contribution < -0.4 is 14.8 Å². The minimum atomic E-state index is -0.444. The Labute approximate surface area is 169 Å². The molecule has 1 N–H and O–H groups in total. The van der Waals surface area contributed by atoms with Crippen molar-refractivity contribution >= 4 is 28.3 Å². The third-order valence-electron chi connectivity index (χ3n) is 4.32. The Hall–Kier alpha value is -3.90. The molecule has 0 saturated heterocycles.